The van der Waals surface area contributed by atoms with Crippen molar-refractivity contribution in [3.8, 4) is 0 Å². The zero-order valence-corrected chi connectivity index (χ0v) is 10.6. The number of aromatic nitrogens is 1. The highest BCUT2D eigenvalue weighted by atomic mass is 16.3. The summed E-state index contributed by atoms with van der Waals surface area (Å²) in [5.41, 5.74) is 1.29. The summed E-state index contributed by atoms with van der Waals surface area (Å²) in [5, 5.41) is 12.6. The van der Waals surface area contributed by atoms with Gasteiger partial charge in [0.25, 0.3) is 0 Å². The number of aliphatic hydroxyl groups excluding tert-OH is 1. The van der Waals surface area contributed by atoms with Crippen molar-refractivity contribution in [2.45, 2.75) is 46.3 Å². The summed E-state index contributed by atoms with van der Waals surface area (Å²) in [6.45, 7) is 8.53. The first kappa shape index (κ1) is 13.3. The molecule has 1 aromatic heterocycles. The molecular weight excluding hydrogens is 200 g/mol. The van der Waals surface area contributed by atoms with E-state index in [-0.39, 0.29) is 12.6 Å². The van der Waals surface area contributed by atoms with Gasteiger partial charge in [-0.3, -0.25) is 0 Å². The van der Waals surface area contributed by atoms with Gasteiger partial charge in [0.05, 0.1) is 6.61 Å². The summed E-state index contributed by atoms with van der Waals surface area (Å²) in [6, 6.07) is 4.40. The van der Waals surface area contributed by atoms with Crippen molar-refractivity contribution in [3.05, 3.63) is 24.0 Å². The number of nitrogens with zero attached hydrogens (tertiary/aromatic N) is 1. The van der Waals surface area contributed by atoms with Crippen molar-refractivity contribution in [2.75, 3.05) is 6.61 Å². The lowest BCUT2D eigenvalue weighted by Gasteiger charge is -2.20. The Bertz CT molecular complexity index is 294. The van der Waals surface area contributed by atoms with Crippen LogP contribution in [0.1, 0.15) is 32.9 Å². The van der Waals surface area contributed by atoms with Crippen LogP contribution in [0.25, 0.3) is 0 Å². The van der Waals surface area contributed by atoms with E-state index in [1.54, 1.807) is 0 Å². The smallest absolute Gasteiger partial charge is 0.0587 e. The maximum Gasteiger partial charge on any atom is 0.0587 e. The highest BCUT2D eigenvalue weighted by molar-refractivity contribution is 5.07. The van der Waals surface area contributed by atoms with Crippen LogP contribution in [0.3, 0.4) is 0 Å². The van der Waals surface area contributed by atoms with Gasteiger partial charge in [-0.1, -0.05) is 20.8 Å². The van der Waals surface area contributed by atoms with Gasteiger partial charge in [-0.15, -0.1) is 0 Å². The molecule has 1 aromatic rings. The van der Waals surface area contributed by atoms with E-state index < -0.39 is 0 Å². The first-order valence-corrected chi connectivity index (χ1v) is 6.17. The molecule has 92 valence electrons. The Kier molecular flexibility index (Phi) is 5.56. The van der Waals surface area contributed by atoms with Crippen LogP contribution in [0.5, 0.6) is 0 Å². The van der Waals surface area contributed by atoms with Gasteiger partial charge in [-0.25, -0.2) is 0 Å². The quantitative estimate of drug-likeness (QED) is 0.743. The van der Waals surface area contributed by atoms with Crippen LogP contribution in [0.15, 0.2) is 18.3 Å². The van der Waals surface area contributed by atoms with E-state index in [0.717, 1.165) is 19.5 Å². The standard InChI is InChI=1S/C13H24N2O/c1-4-7-15-8-5-6-12(15)9-14-13(10-16)11(2)3/h5-6,8,11,13-14,16H,4,7,9-10H2,1-3H3. The summed E-state index contributed by atoms with van der Waals surface area (Å²) >= 11 is 0. The second-order valence-electron chi connectivity index (χ2n) is 4.61. The van der Waals surface area contributed by atoms with E-state index in [2.05, 4.69) is 49.0 Å². The molecule has 1 rings (SSSR count). The molecule has 0 aliphatic rings. The Morgan fingerprint density at radius 1 is 1.44 bits per heavy atom. The summed E-state index contributed by atoms with van der Waals surface area (Å²) < 4.78 is 2.27. The predicted molar refractivity (Wildman–Crippen MR) is 67.3 cm³/mol. The van der Waals surface area contributed by atoms with Gasteiger partial charge < -0.3 is 15.0 Å². The molecule has 1 atom stereocenters. The zero-order valence-electron chi connectivity index (χ0n) is 10.6. The molecule has 0 aromatic carbocycles. The van der Waals surface area contributed by atoms with Gasteiger partial charge in [0, 0.05) is 31.0 Å². The Balaban J connectivity index is 2.49. The lowest BCUT2D eigenvalue weighted by atomic mass is 10.1. The highest BCUT2D eigenvalue weighted by Gasteiger charge is 2.11. The second-order valence-corrected chi connectivity index (χ2v) is 4.61. The molecule has 0 aliphatic heterocycles. The van der Waals surface area contributed by atoms with Crippen molar-refractivity contribution in [3.63, 3.8) is 0 Å². The van der Waals surface area contributed by atoms with Gasteiger partial charge in [0.15, 0.2) is 0 Å². The highest BCUT2D eigenvalue weighted by Crippen LogP contribution is 2.06. The fourth-order valence-corrected chi connectivity index (χ4v) is 1.82. The molecule has 1 unspecified atom stereocenters. The van der Waals surface area contributed by atoms with Crippen molar-refractivity contribution in [1.29, 1.82) is 0 Å². The minimum Gasteiger partial charge on any atom is -0.395 e. The third-order valence-corrected chi connectivity index (χ3v) is 2.93. The lowest BCUT2D eigenvalue weighted by molar-refractivity contribution is 0.209. The molecule has 0 saturated carbocycles. The van der Waals surface area contributed by atoms with Crippen molar-refractivity contribution >= 4 is 0 Å². The van der Waals surface area contributed by atoms with Crippen molar-refractivity contribution in [1.82, 2.24) is 9.88 Å². The Morgan fingerprint density at radius 3 is 2.75 bits per heavy atom. The van der Waals surface area contributed by atoms with Gasteiger partial charge in [0.1, 0.15) is 0 Å². The topological polar surface area (TPSA) is 37.2 Å². The number of aryl methyl sites for hydroxylation is 1. The third-order valence-electron chi connectivity index (χ3n) is 2.93. The van der Waals surface area contributed by atoms with E-state index in [1.165, 1.54) is 5.69 Å². The number of aliphatic hydroxyl groups is 1. The van der Waals surface area contributed by atoms with Crippen molar-refractivity contribution < 1.29 is 5.11 Å². The minimum atomic E-state index is 0.185. The van der Waals surface area contributed by atoms with Gasteiger partial charge in [0.2, 0.25) is 0 Å². The number of nitrogens with one attached hydrogen (secondary N) is 1. The van der Waals surface area contributed by atoms with E-state index in [1.807, 2.05) is 0 Å². The average molecular weight is 224 g/mol. The molecule has 1 heterocycles. The van der Waals surface area contributed by atoms with E-state index in [4.69, 9.17) is 0 Å². The first-order valence-electron chi connectivity index (χ1n) is 6.17. The minimum absolute atomic E-state index is 0.185. The van der Waals surface area contributed by atoms with Crippen LogP contribution in [-0.4, -0.2) is 22.3 Å². The van der Waals surface area contributed by atoms with Crippen molar-refractivity contribution in [2.24, 2.45) is 5.92 Å². The van der Waals surface area contributed by atoms with Crippen LogP contribution < -0.4 is 5.32 Å². The largest absolute Gasteiger partial charge is 0.395 e. The summed E-state index contributed by atoms with van der Waals surface area (Å²) in [7, 11) is 0. The van der Waals surface area contributed by atoms with Gasteiger partial charge in [-0.2, -0.15) is 0 Å². The summed E-state index contributed by atoms with van der Waals surface area (Å²) in [6.07, 6.45) is 3.26. The molecule has 0 amide bonds. The molecule has 2 N–H and O–H groups in total. The van der Waals surface area contributed by atoms with Crippen LogP contribution in [-0.2, 0) is 13.1 Å². The third kappa shape index (κ3) is 3.65. The summed E-state index contributed by atoms with van der Waals surface area (Å²) in [5.74, 6) is 0.458. The second kappa shape index (κ2) is 6.71. The monoisotopic (exact) mass is 224 g/mol. The SMILES string of the molecule is CCCn1cccc1CNC(CO)C(C)C. The summed E-state index contributed by atoms with van der Waals surface area (Å²) in [4.78, 5) is 0. The van der Waals surface area contributed by atoms with E-state index in [9.17, 15) is 5.11 Å². The maximum absolute atomic E-state index is 9.23. The molecule has 3 heteroatoms. The number of rotatable bonds is 7. The molecule has 0 saturated heterocycles. The Labute approximate surface area is 98.5 Å². The molecule has 0 aliphatic carbocycles. The molecule has 0 fully saturated rings. The maximum atomic E-state index is 9.23. The average Bonchev–Trinajstić information content (AvgIpc) is 2.67. The van der Waals surface area contributed by atoms with Crippen LogP contribution in [0, 0.1) is 5.92 Å². The van der Waals surface area contributed by atoms with E-state index >= 15 is 0 Å². The fourth-order valence-electron chi connectivity index (χ4n) is 1.82. The van der Waals surface area contributed by atoms with Gasteiger partial charge >= 0.3 is 0 Å². The van der Waals surface area contributed by atoms with E-state index in [0.29, 0.717) is 5.92 Å². The molecule has 0 radical (unpaired) electrons. The predicted octanol–water partition coefficient (Wildman–Crippen LogP) is 2.00. The lowest BCUT2D eigenvalue weighted by Crippen LogP contribution is -2.36. The number of hydrogen-bond acceptors (Lipinski definition) is 2. The first-order chi connectivity index (χ1) is 7.69. The molecule has 16 heavy (non-hydrogen) atoms. The Morgan fingerprint density at radius 2 is 2.19 bits per heavy atom. The molecular formula is C13H24N2O. The van der Waals surface area contributed by atoms with Gasteiger partial charge in [-0.05, 0) is 24.5 Å². The zero-order chi connectivity index (χ0) is 12.0. The Hall–Kier alpha value is -0.800. The molecule has 0 spiro atoms. The van der Waals surface area contributed by atoms with Crippen LogP contribution in [0.4, 0.5) is 0 Å². The number of hydrogen-bond donors (Lipinski definition) is 2. The fraction of sp³-hybridized carbons (Fsp3) is 0.692. The van der Waals surface area contributed by atoms with Crippen LogP contribution >= 0.6 is 0 Å². The molecule has 0 bridgehead atoms. The van der Waals surface area contributed by atoms with Crippen LogP contribution in [0.2, 0.25) is 0 Å². The molecule has 3 nitrogen and oxygen atoms in total. The normalized spacial score (nSPS) is 13.3.